The lowest BCUT2D eigenvalue weighted by Crippen LogP contribution is -2.39. The molecule has 1 aromatic carbocycles. The lowest BCUT2D eigenvalue weighted by molar-refractivity contribution is -0.120. The monoisotopic (exact) mass is 409 g/mol. The second-order valence-corrected chi connectivity index (χ2v) is 10.0. The van der Waals surface area contributed by atoms with Gasteiger partial charge in [-0.05, 0) is 62.5 Å². The van der Waals surface area contributed by atoms with E-state index in [2.05, 4.69) is 18.3 Å². The van der Waals surface area contributed by atoms with Crippen LogP contribution in [0.1, 0.15) is 22.9 Å². The molecule has 0 spiro atoms. The van der Waals surface area contributed by atoms with Gasteiger partial charge in [0, 0.05) is 31.2 Å². The summed E-state index contributed by atoms with van der Waals surface area (Å²) in [6, 6.07) is 6.47. The predicted octanol–water partition coefficient (Wildman–Crippen LogP) is 3.07. The number of carbonyl (C=O) groups is 1. The molecule has 1 amide bonds. The number of amides is 1. The van der Waals surface area contributed by atoms with Crippen molar-refractivity contribution in [1.29, 1.82) is 0 Å². The van der Waals surface area contributed by atoms with Gasteiger partial charge in [-0.1, -0.05) is 6.07 Å². The van der Waals surface area contributed by atoms with Crippen LogP contribution in [0.25, 0.3) is 0 Å². The molecule has 1 N–H and O–H groups in total. The number of carbonyl (C=O) groups excluding carboxylic acids is 1. The molecule has 8 heteroatoms. The van der Waals surface area contributed by atoms with E-state index in [0.29, 0.717) is 12.2 Å². The van der Waals surface area contributed by atoms with Crippen LogP contribution in [0.15, 0.2) is 34.5 Å². The molecule has 1 aromatic heterocycles. The minimum atomic E-state index is -3.55. The second-order valence-electron chi connectivity index (χ2n) is 6.87. The zero-order valence-electron chi connectivity index (χ0n) is 16.6. The molecule has 2 aromatic rings. The van der Waals surface area contributed by atoms with E-state index in [1.165, 1.54) is 30.6 Å². The van der Waals surface area contributed by atoms with Crippen LogP contribution in [0.4, 0.5) is 5.69 Å². The van der Waals surface area contributed by atoms with Gasteiger partial charge in [-0.15, -0.1) is 11.3 Å². The molecule has 0 saturated heterocycles. The largest absolute Gasteiger partial charge is 0.324 e. The molecule has 0 radical (unpaired) electrons. The van der Waals surface area contributed by atoms with Gasteiger partial charge in [0.15, 0.2) is 0 Å². The van der Waals surface area contributed by atoms with Crippen LogP contribution in [0.2, 0.25) is 0 Å². The summed E-state index contributed by atoms with van der Waals surface area (Å²) in [5.41, 5.74) is 2.54. The zero-order chi connectivity index (χ0) is 20.4. The summed E-state index contributed by atoms with van der Waals surface area (Å²) >= 11 is 1.68. The fraction of sp³-hybridized carbons (Fsp3) is 0.421. The van der Waals surface area contributed by atoms with Crippen molar-refractivity contribution in [2.75, 3.05) is 26.5 Å². The summed E-state index contributed by atoms with van der Waals surface area (Å²) in [6.07, 6.45) is 0. The predicted molar refractivity (Wildman–Crippen MR) is 111 cm³/mol. The van der Waals surface area contributed by atoms with Crippen LogP contribution in [0.3, 0.4) is 0 Å². The molecule has 0 aliphatic heterocycles. The Morgan fingerprint density at radius 1 is 1.15 bits per heavy atom. The third-order valence-corrected chi connectivity index (χ3v) is 7.47. The average Bonchev–Trinajstić information content (AvgIpc) is 3.00. The maximum Gasteiger partial charge on any atom is 0.242 e. The van der Waals surface area contributed by atoms with Gasteiger partial charge in [-0.25, -0.2) is 12.7 Å². The van der Waals surface area contributed by atoms with E-state index in [-0.39, 0.29) is 16.8 Å². The van der Waals surface area contributed by atoms with Gasteiger partial charge in [-0.3, -0.25) is 9.69 Å². The summed E-state index contributed by atoms with van der Waals surface area (Å²) in [7, 11) is 1.32. The van der Waals surface area contributed by atoms with E-state index >= 15 is 0 Å². The first-order valence-electron chi connectivity index (χ1n) is 8.61. The highest BCUT2D eigenvalue weighted by Crippen LogP contribution is 2.23. The maximum absolute atomic E-state index is 12.7. The smallest absolute Gasteiger partial charge is 0.242 e. The van der Waals surface area contributed by atoms with E-state index in [9.17, 15) is 13.2 Å². The highest BCUT2D eigenvalue weighted by atomic mass is 32.2. The number of rotatable bonds is 7. The minimum Gasteiger partial charge on any atom is -0.324 e. The third-order valence-electron chi connectivity index (χ3n) is 4.65. The fourth-order valence-corrected chi connectivity index (χ4v) is 4.37. The molecule has 1 atom stereocenters. The molecular weight excluding hydrogens is 382 g/mol. The van der Waals surface area contributed by atoms with E-state index in [1.807, 2.05) is 31.2 Å². The molecule has 27 heavy (non-hydrogen) atoms. The first-order valence-corrected chi connectivity index (χ1v) is 10.9. The highest BCUT2D eigenvalue weighted by molar-refractivity contribution is 7.89. The van der Waals surface area contributed by atoms with Crippen molar-refractivity contribution in [2.45, 2.75) is 38.3 Å². The third kappa shape index (κ3) is 4.95. The Labute approximate surface area is 165 Å². The first kappa shape index (κ1) is 21.6. The number of hydrogen-bond acceptors (Lipinski definition) is 5. The SMILES string of the molecule is Cc1ccc(S(=O)(=O)N(C)C)cc1NC(=O)[C@H](C)N(C)Cc1sccc1C. The summed E-state index contributed by atoms with van der Waals surface area (Å²) in [5, 5.41) is 4.92. The Morgan fingerprint density at radius 2 is 1.81 bits per heavy atom. The number of nitrogens with zero attached hydrogens (tertiary/aromatic N) is 2. The molecule has 148 valence electrons. The lowest BCUT2D eigenvalue weighted by Gasteiger charge is -2.24. The van der Waals surface area contributed by atoms with E-state index in [0.717, 1.165) is 9.87 Å². The van der Waals surface area contributed by atoms with Gasteiger partial charge in [0.25, 0.3) is 0 Å². The molecule has 0 fully saturated rings. The van der Waals surface area contributed by atoms with Crippen LogP contribution >= 0.6 is 11.3 Å². The number of benzene rings is 1. The van der Waals surface area contributed by atoms with Crippen LogP contribution in [0.5, 0.6) is 0 Å². The molecule has 0 bridgehead atoms. The van der Waals surface area contributed by atoms with Gasteiger partial charge in [0.1, 0.15) is 0 Å². The van der Waals surface area contributed by atoms with E-state index < -0.39 is 10.0 Å². The van der Waals surface area contributed by atoms with Crippen molar-refractivity contribution in [3.63, 3.8) is 0 Å². The van der Waals surface area contributed by atoms with Crippen molar-refractivity contribution in [2.24, 2.45) is 0 Å². The molecular formula is C19H27N3O3S2. The van der Waals surface area contributed by atoms with Gasteiger partial charge >= 0.3 is 0 Å². The number of likely N-dealkylation sites (N-methyl/N-ethyl adjacent to an activating group) is 1. The molecule has 0 saturated carbocycles. The Hall–Kier alpha value is -1.74. The number of aryl methyl sites for hydroxylation is 2. The van der Waals surface area contributed by atoms with Crippen molar-refractivity contribution in [3.05, 3.63) is 45.6 Å². The van der Waals surface area contributed by atoms with Crippen LogP contribution in [0, 0.1) is 13.8 Å². The standard InChI is InChI=1S/C19H27N3O3S2/c1-13-7-8-16(27(24,25)21(4)5)11-17(13)20-19(23)15(3)22(6)12-18-14(2)9-10-26-18/h7-11,15H,12H2,1-6H3,(H,20,23)/t15-/m0/s1. The second kappa shape index (κ2) is 8.52. The quantitative estimate of drug-likeness (QED) is 0.763. The van der Waals surface area contributed by atoms with Crippen LogP contribution in [-0.4, -0.2) is 50.7 Å². The average molecular weight is 410 g/mol. The van der Waals surface area contributed by atoms with Crippen molar-refractivity contribution >= 4 is 33.0 Å². The lowest BCUT2D eigenvalue weighted by atomic mass is 10.2. The van der Waals surface area contributed by atoms with Gasteiger partial charge in [-0.2, -0.15) is 0 Å². The molecule has 2 rings (SSSR count). The van der Waals surface area contributed by atoms with Crippen LogP contribution < -0.4 is 5.32 Å². The highest BCUT2D eigenvalue weighted by Gasteiger charge is 2.22. The molecule has 6 nitrogen and oxygen atoms in total. The van der Waals surface area contributed by atoms with Gasteiger partial charge in [0.05, 0.1) is 10.9 Å². The molecule has 0 unspecified atom stereocenters. The van der Waals surface area contributed by atoms with Crippen molar-refractivity contribution in [1.82, 2.24) is 9.21 Å². The number of anilines is 1. The Morgan fingerprint density at radius 3 is 2.37 bits per heavy atom. The maximum atomic E-state index is 12.7. The fourth-order valence-electron chi connectivity index (χ4n) is 2.47. The van der Waals surface area contributed by atoms with Gasteiger partial charge in [0.2, 0.25) is 15.9 Å². The molecule has 0 aliphatic carbocycles. The number of sulfonamides is 1. The van der Waals surface area contributed by atoms with Crippen molar-refractivity contribution in [3.8, 4) is 0 Å². The Kier molecular flexibility index (Phi) is 6.80. The Balaban J connectivity index is 2.16. The summed E-state index contributed by atoms with van der Waals surface area (Å²) in [4.78, 5) is 16.1. The van der Waals surface area contributed by atoms with Gasteiger partial charge < -0.3 is 5.32 Å². The van der Waals surface area contributed by atoms with Crippen LogP contribution in [-0.2, 0) is 21.4 Å². The molecule has 1 heterocycles. The van der Waals surface area contributed by atoms with E-state index in [4.69, 9.17) is 0 Å². The Bertz CT molecular complexity index is 920. The number of thiophene rings is 1. The zero-order valence-corrected chi connectivity index (χ0v) is 18.2. The molecule has 0 aliphatic rings. The summed E-state index contributed by atoms with van der Waals surface area (Å²) < 4.78 is 25.8. The summed E-state index contributed by atoms with van der Waals surface area (Å²) in [6.45, 7) is 6.43. The summed E-state index contributed by atoms with van der Waals surface area (Å²) in [5.74, 6) is -0.172. The number of hydrogen-bond donors (Lipinski definition) is 1. The topological polar surface area (TPSA) is 69.7 Å². The van der Waals surface area contributed by atoms with E-state index in [1.54, 1.807) is 23.5 Å². The van der Waals surface area contributed by atoms with Crippen molar-refractivity contribution < 1.29 is 13.2 Å². The number of nitrogens with one attached hydrogen (secondary N) is 1. The normalized spacial score (nSPS) is 13.2. The first-order chi connectivity index (χ1) is 12.5. The minimum absolute atomic E-state index is 0.156.